The number of hydrogen-bond donors (Lipinski definition) is 2. The van der Waals surface area contributed by atoms with E-state index in [1.54, 1.807) is 0 Å². The number of nitrogens with zero attached hydrogens (tertiary/aromatic N) is 1. The van der Waals surface area contributed by atoms with E-state index < -0.39 is 0 Å². The molecule has 0 spiro atoms. The van der Waals surface area contributed by atoms with Gasteiger partial charge in [0.15, 0.2) is 0 Å². The standard InChI is InChI=1S/C12H21N3O/c16-12(14-3-9-1-2-9)8-15-6-10-4-13-5-11(10)7-15/h9-11,13H,1-8H2,(H,14,16)/t10-,11+. The molecule has 0 aromatic rings. The van der Waals surface area contributed by atoms with Gasteiger partial charge in [0.25, 0.3) is 0 Å². The molecule has 1 saturated carbocycles. The van der Waals surface area contributed by atoms with Gasteiger partial charge in [-0.15, -0.1) is 0 Å². The third-order valence-corrected chi connectivity index (χ3v) is 4.12. The summed E-state index contributed by atoms with van der Waals surface area (Å²) in [6.45, 7) is 6.01. The van der Waals surface area contributed by atoms with Crippen molar-refractivity contribution in [1.82, 2.24) is 15.5 Å². The van der Waals surface area contributed by atoms with Gasteiger partial charge in [-0.3, -0.25) is 9.69 Å². The molecule has 2 aliphatic heterocycles. The maximum atomic E-state index is 11.7. The highest BCUT2D eigenvalue weighted by Crippen LogP contribution is 2.28. The minimum Gasteiger partial charge on any atom is -0.355 e. The monoisotopic (exact) mass is 223 g/mol. The molecule has 2 heterocycles. The SMILES string of the molecule is O=C(CN1C[C@H]2CNC[C@H]2C1)NCC1CC1. The summed E-state index contributed by atoms with van der Waals surface area (Å²) < 4.78 is 0. The van der Waals surface area contributed by atoms with Gasteiger partial charge in [0.05, 0.1) is 6.54 Å². The van der Waals surface area contributed by atoms with Gasteiger partial charge in [0, 0.05) is 19.6 Å². The molecule has 3 fully saturated rings. The van der Waals surface area contributed by atoms with Crippen LogP contribution < -0.4 is 10.6 Å². The van der Waals surface area contributed by atoms with Gasteiger partial charge in [0.2, 0.25) is 5.91 Å². The lowest BCUT2D eigenvalue weighted by molar-refractivity contribution is -0.122. The van der Waals surface area contributed by atoms with Crippen LogP contribution in [0.25, 0.3) is 0 Å². The molecule has 0 unspecified atom stereocenters. The van der Waals surface area contributed by atoms with Crippen LogP contribution in [0.4, 0.5) is 0 Å². The number of fused-ring (bicyclic) bond motifs is 1. The molecule has 4 nitrogen and oxygen atoms in total. The van der Waals surface area contributed by atoms with E-state index in [1.165, 1.54) is 12.8 Å². The molecule has 3 aliphatic rings. The van der Waals surface area contributed by atoms with Crippen LogP contribution in [-0.2, 0) is 4.79 Å². The molecule has 2 saturated heterocycles. The molecular formula is C12H21N3O. The van der Waals surface area contributed by atoms with Crippen LogP contribution in [0.2, 0.25) is 0 Å². The van der Waals surface area contributed by atoms with E-state index in [-0.39, 0.29) is 5.91 Å². The van der Waals surface area contributed by atoms with E-state index in [4.69, 9.17) is 0 Å². The van der Waals surface area contributed by atoms with Gasteiger partial charge in [-0.2, -0.15) is 0 Å². The van der Waals surface area contributed by atoms with E-state index in [0.717, 1.165) is 50.5 Å². The Balaban J connectivity index is 1.39. The summed E-state index contributed by atoms with van der Waals surface area (Å²) in [4.78, 5) is 14.0. The normalized spacial score (nSPS) is 34.0. The number of amides is 1. The Hall–Kier alpha value is -0.610. The predicted molar refractivity (Wildman–Crippen MR) is 62.0 cm³/mol. The van der Waals surface area contributed by atoms with Gasteiger partial charge in [0.1, 0.15) is 0 Å². The van der Waals surface area contributed by atoms with Crippen molar-refractivity contribution in [2.24, 2.45) is 17.8 Å². The second kappa shape index (κ2) is 4.34. The third-order valence-electron chi connectivity index (χ3n) is 4.12. The van der Waals surface area contributed by atoms with Gasteiger partial charge >= 0.3 is 0 Å². The van der Waals surface area contributed by atoms with Gasteiger partial charge < -0.3 is 10.6 Å². The summed E-state index contributed by atoms with van der Waals surface area (Å²) >= 11 is 0. The molecule has 16 heavy (non-hydrogen) atoms. The zero-order chi connectivity index (χ0) is 11.0. The molecule has 0 aromatic heterocycles. The van der Waals surface area contributed by atoms with Crippen LogP contribution in [0.5, 0.6) is 0 Å². The zero-order valence-electron chi connectivity index (χ0n) is 9.74. The van der Waals surface area contributed by atoms with Crippen molar-refractivity contribution in [3.63, 3.8) is 0 Å². The van der Waals surface area contributed by atoms with Crippen molar-refractivity contribution in [2.75, 3.05) is 39.3 Å². The molecule has 1 amide bonds. The van der Waals surface area contributed by atoms with E-state index >= 15 is 0 Å². The summed E-state index contributed by atoms with van der Waals surface area (Å²) in [7, 11) is 0. The Morgan fingerprint density at radius 3 is 2.56 bits per heavy atom. The fraction of sp³-hybridized carbons (Fsp3) is 0.917. The zero-order valence-corrected chi connectivity index (χ0v) is 9.74. The lowest BCUT2D eigenvalue weighted by atomic mass is 10.0. The lowest BCUT2D eigenvalue weighted by Crippen LogP contribution is -2.38. The maximum absolute atomic E-state index is 11.7. The minimum atomic E-state index is 0.222. The number of rotatable bonds is 4. The molecule has 90 valence electrons. The highest BCUT2D eigenvalue weighted by atomic mass is 16.2. The second-order valence-electron chi connectivity index (χ2n) is 5.62. The number of hydrogen-bond acceptors (Lipinski definition) is 3. The molecule has 0 bridgehead atoms. The van der Waals surface area contributed by atoms with Crippen molar-refractivity contribution in [1.29, 1.82) is 0 Å². The van der Waals surface area contributed by atoms with Crippen molar-refractivity contribution in [2.45, 2.75) is 12.8 Å². The topological polar surface area (TPSA) is 44.4 Å². The Kier molecular flexibility index (Phi) is 2.86. The number of carbonyl (C=O) groups is 1. The van der Waals surface area contributed by atoms with Gasteiger partial charge in [-0.05, 0) is 43.7 Å². The number of carbonyl (C=O) groups excluding carboxylic acids is 1. The first kappa shape index (κ1) is 10.5. The van der Waals surface area contributed by atoms with E-state index in [1.807, 2.05) is 0 Å². The van der Waals surface area contributed by atoms with Crippen molar-refractivity contribution < 1.29 is 4.79 Å². The molecule has 1 aliphatic carbocycles. The second-order valence-corrected chi connectivity index (χ2v) is 5.62. The summed E-state index contributed by atoms with van der Waals surface area (Å²) in [6, 6.07) is 0. The van der Waals surface area contributed by atoms with Crippen molar-refractivity contribution >= 4 is 5.91 Å². The van der Waals surface area contributed by atoms with E-state index in [0.29, 0.717) is 6.54 Å². The number of nitrogens with one attached hydrogen (secondary N) is 2. The fourth-order valence-corrected chi connectivity index (χ4v) is 2.92. The Labute approximate surface area is 96.8 Å². The van der Waals surface area contributed by atoms with Crippen LogP contribution in [-0.4, -0.2) is 50.1 Å². The first-order chi connectivity index (χ1) is 7.81. The average molecular weight is 223 g/mol. The minimum absolute atomic E-state index is 0.222. The highest BCUT2D eigenvalue weighted by Gasteiger charge is 2.36. The summed E-state index contributed by atoms with van der Waals surface area (Å²) in [5, 5.41) is 6.46. The maximum Gasteiger partial charge on any atom is 0.234 e. The van der Waals surface area contributed by atoms with Crippen LogP contribution in [0.1, 0.15) is 12.8 Å². The fourth-order valence-electron chi connectivity index (χ4n) is 2.92. The Morgan fingerprint density at radius 1 is 1.25 bits per heavy atom. The smallest absolute Gasteiger partial charge is 0.234 e. The molecular weight excluding hydrogens is 202 g/mol. The summed E-state index contributed by atoms with van der Waals surface area (Å²) in [6.07, 6.45) is 2.61. The van der Waals surface area contributed by atoms with E-state index in [2.05, 4.69) is 15.5 Å². The van der Waals surface area contributed by atoms with Crippen LogP contribution in [0.3, 0.4) is 0 Å². The molecule has 3 rings (SSSR count). The Bertz CT molecular complexity index is 265. The van der Waals surface area contributed by atoms with Crippen LogP contribution >= 0.6 is 0 Å². The molecule has 0 radical (unpaired) electrons. The van der Waals surface area contributed by atoms with Crippen molar-refractivity contribution in [3.05, 3.63) is 0 Å². The van der Waals surface area contributed by atoms with Crippen molar-refractivity contribution in [3.8, 4) is 0 Å². The third kappa shape index (κ3) is 2.38. The summed E-state index contributed by atoms with van der Waals surface area (Å²) in [5.41, 5.74) is 0. The average Bonchev–Trinajstić information content (AvgIpc) is 2.86. The first-order valence-corrected chi connectivity index (χ1v) is 6.51. The quantitative estimate of drug-likeness (QED) is 0.685. The predicted octanol–water partition coefficient (Wildman–Crippen LogP) is -0.336. The van der Waals surface area contributed by atoms with Gasteiger partial charge in [-0.25, -0.2) is 0 Å². The summed E-state index contributed by atoms with van der Waals surface area (Å²) in [5.74, 6) is 2.58. The largest absolute Gasteiger partial charge is 0.355 e. The van der Waals surface area contributed by atoms with Gasteiger partial charge in [-0.1, -0.05) is 0 Å². The van der Waals surface area contributed by atoms with E-state index in [9.17, 15) is 4.79 Å². The number of likely N-dealkylation sites (tertiary alicyclic amines) is 1. The lowest BCUT2D eigenvalue weighted by Gasteiger charge is -2.16. The Morgan fingerprint density at radius 2 is 1.94 bits per heavy atom. The molecule has 2 atom stereocenters. The highest BCUT2D eigenvalue weighted by molar-refractivity contribution is 5.78. The first-order valence-electron chi connectivity index (χ1n) is 6.51. The molecule has 2 N–H and O–H groups in total. The van der Waals surface area contributed by atoms with Crippen LogP contribution in [0, 0.1) is 17.8 Å². The van der Waals surface area contributed by atoms with Crippen LogP contribution in [0.15, 0.2) is 0 Å². The molecule has 4 heteroatoms. The molecule has 0 aromatic carbocycles.